The van der Waals surface area contributed by atoms with E-state index < -0.39 is 5.97 Å². The molecule has 2 aromatic rings. The van der Waals surface area contributed by atoms with E-state index >= 15 is 0 Å². The molecule has 1 aliphatic rings. The van der Waals surface area contributed by atoms with E-state index in [1.807, 2.05) is 25.1 Å². The molecule has 1 aromatic carbocycles. The van der Waals surface area contributed by atoms with E-state index in [1.165, 1.54) is 17.3 Å². The first-order chi connectivity index (χ1) is 13.1. The highest BCUT2D eigenvalue weighted by Crippen LogP contribution is 2.40. The highest BCUT2D eigenvalue weighted by atomic mass is 32.2. The molecule has 0 radical (unpaired) electrons. The summed E-state index contributed by atoms with van der Waals surface area (Å²) in [4.78, 5) is 24.8. The second kappa shape index (κ2) is 9.03. The number of benzene rings is 1. The molecule has 1 N–H and O–H groups in total. The topological polar surface area (TPSA) is 88.3 Å². The maximum atomic E-state index is 12.4. The van der Waals surface area contributed by atoms with Crippen LogP contribution in [0.2, 0.25) is 0 Å². The number of hydrogen-bond donors (Lipinski definition) is 1. The number of carbonyl (C=O) groups is 2. The van der Waals surface area contributed by atoms with E-state index in [4.69, 9.17) is 5.11 Å². The SMILES string of the molecule is CCN(CCC(=O)O)C(=O)CSc1nnc(C2CC2)n1Cc1ccccc1. The zero-order valence-electron chi connectivity index (χ0n) is 15.4. The lowest BCUT2D eigenvalue weighted by molar-refractivity contribution is -0.138. The molecular weight excluding hydrogens is 364 g/mol. The van der Waals surface area contributed by atoms with Crippen LogP contribution in [-0.2, 0) is 16.1 Å². The van der Waals surface area contributed by atoms with Crippen molar-refractivity contribution < 1.29 is 14.7 Å². The largest absolute Gasteiger partial charge is 0.481 e. The van der Waals surface area contributed by atoms with Crippen LogP contribution >= 0.6 is 11.8 Å². The third-order valence-electron chi connectivity index (χ3n) is 4.53. The van der Waals surface area contributed by atoms with Gasteiger partial charge in [-0.2, -0.15) is 0 Å². The molecule has 1 fully saturated rings. The van der Waals surface area contributed by atoms with Gasteiger partial charge in [0.05, 0.1) is 18.7 Å². The van der Waals surface area contributed by atoms with E-state index in [1.54, 1.807) is 4.90 Å². The molecule has 1 heterocycles. The van der Waals surface area contributed by atoms with Gasteiger partial charge in [0, 0.05) is 19.0 Å². The predicted octanol–water partition coefficient (Wildman–Crippen LogP) is 2.62. The Morgan fingerprint density at radius 3 is 2.63 bits per heavy atom. The summed E-state index contributed by atoms with van der Waals surface area (Å²) in [6.07, 6.45) is 2.23. The molecule has 7 nitrogen and oxygen atoms in total. The Morgan fingerprint density at radius 1 is 1.26 bits per heavy atom. The molecule has 0 atom stereocenters. The van der Waals surface area contributed by atoms with Crippen LogP contribution in [0.3, 0.4) is 0 Å². The first kappa shape index (κ1) is 19.4. The van der Waals surface area contributed by atoms with E-state index in [2.05, 4.69) is 26.9 Å². The summed E-state index contributed by atoms with van der Waals surface area (Å²) >= 11 is 1.37. The van der Waals surface area contributed by atoms with E-state index in [0.29, 0.717) is 19.0 Å². The first-order valence-electron chi connectivity index (χ1n) is 9.17. The second-order valence-corrected chi connectivity index (χ2v) is 7.54. The van der Waals surface area contributed by atoms with Crippen LogP contribution in [0.25, 0.3) is 0 Å². The van der Waals surface area contributed by atoms with Crippen molar-refractivity contribution in [3.05, 3.63) is 41.7 Å². The fraction of sp³-hybridized carbons (Fsp3) is 0.474. The third-order valence-corrected chi connectivity index (χ3v) is 5.48. The maximum Gasteiger partial charge on any atom is 0.305 e. The molecule has 27 heavy (non-hydrogen) atoms. The maximum absolute atomic E-state index is 12.4. The Labute approximate surface area is 162 Å². The lowest BCUT2D eigenvalue weighted by Crippen LogP contribution is -2.34. The van der Waals surface area contributed by atoms with E-state index in [9.17, 15) is 9.59 Å². The van der Waals surface area contributed by atoms with Gasteiger partial charge in [0.1, 0.15) is 5.82 Å². The third kappa shape index (κ3) is 5.32. The van der Waals surface area contributed by atoms with Gasteiger partial charge in [-0.05, 0) is 25.3 Å². The van der Waals surface area contributed by atoms with Crippen LogP contribution in [0.4, 0.5) is 0 Å². The van der Waals surface area contributed by atoms with E-state index in [-0.39, 0.29) is 24.6 Å². The smallest absolute Gasteiger partial charge is 0.305 e. The molecule has 1 amide bonds. The van der Waals surface area contributed by atoms with E-state index in [0.717, 1.165) is 23.8 Å². The second-order valence-electron chi connectivity index (χ2n) is 6.59. The molecule has 3 rings (SSSR count). The van der Waals surface area contributed by atoms with Crippen LogP contribution in [0, 0.1) is 0 Å². The highest BCUT2D eigenvalue weighted by Gasteiger charge is 2.30. The van der Waals surface area contributed by atoms with Gasteiger partial charge in [0.2, 0.25) is 5.91 Å². The fourth-order valence-corrected chi connectivity index (χ4v) is 3.72. The lowest BCUT2D eigenvalue weighted by Gasteiger charge is -2.19. The minimum absolute atomic E-state index is 0.0414. The fourth-order valence-electron chi connectivity index (χ4n) is 2.87. The Hall–Kier alpha value is -2.35. The molecule has 144 valence electrons. The molecule has 0 bridgehead atoms. The zero-order valence-corrected chi connectivity index (χ0v) is 16.2. The summed E-state index contributed by atoms with van der Waals surface area (Å²) in [6, 6.07) is 10.1. The Bertz CT molecular complexity index is 790. The Kier molecular flexibility index (Phi) is 6.49. The molecule has 0 unspecified atom stereocenters. The molecule has 1 aliphatic carbocycles. The molecule has 0 spiro atoms. The average molecular weight is 388 g/mol. The highest BCUT2D eigenvalue weighted by molar-refractivity contribution is 7.99. The Morgan fingerprint density at radius 2 is 2.00 bits per heavy atom. The summed E-state index contributed by atoms with van der Waals surface area (Å²) < 4.78 is 2.11. The van der Waals surface area contributed by atoms with Gasteiger partial charge >= 0.3 is 5.97 Å². The molecule has 1 aromatic heterocycles. The van der Waals surface area contributed by atoms with Crippen LogP contribution in [0.5, 0.6) is 0 Å². The summed E-state index contributed by atoms with van der Waals surface area (Å²) in [5.74, 6) is 0.711. The summed E-state index contributed by atoms with van der Waals surface area (Å²) in [7, 11) is 0. The first-order valence-corrected chi connectivity index (χ1v) is 10.2. The van der Waals surface area contributed by atoms with Gasteiger partial charge in [-0.25, -0.2) is 0 Å². The van der Waals surface area contributed by atoms with Crippen LogP contribution < -0.4 is 0 Å². The predicted molar refractivity (Wildman–Crippen MR) is 103 cm³/mol. The van der Waals surface area contributed by atoms with Crippen molar-refractivity contribution in [3.63, 3.8) is 0 Å². The standard InChI is InChI=1S/C19H24N4O3S/c1-2-22(11-10-17(25)26)16(24)13-27-19-21-20-18(15-8-9-15)23(19)12-14-6-4-3-5-7-14/h3-7,15H,2,8-13H2,1H3,(H,25,26). The number of thioether (sulfide) groups is 1. The van der Waals surface area contributed by atoms with Crippen molar-refractivity contribution in [2.75, 3.05) is 18.8 Å². The number of carbonyl (C=O) groups excluding carboxylic acids is 1. The van der Waals surface area contributed by atoms with Crippen molar-refractivity contribution in [1.82, 2.24) is 19.7 Å². The number of nitrogens with zero attached hydrogens (tertiary/aromatic N) is 4. The van der Waals surface area contributed by atoms with Crippen molar-refractivity contribution in [2.45, 2.75) is 43.8 Å². The number of carboxylic acid groups (broad SMARTS) is 1. The Balaban J connectivity index is 1.67. The number of hydrogen-bond acceptors (Lipinski definition) is 5. The van der Waals surface area contributed by atoms with Gasteiger partial charge in [-0.1, -0.05) is 42.1 Å². The minimum atomic E-state index is -0.898. The van der Waals surface area contributed by atoms with Gasteiger partial charge in [0.25, 0.3) is 0 Å². The van der Waals surface area contributed by atoms with Crippen LogP contribution in [0.15, 0.2) is 35.5 Å². The van der Waals surface area contributed by atoms with Crippen LogP contribution in [-0.4, -0.2) is 55.5 Å². The lowest BCUT2D eigenvalue weighted by atomic mass is 10.2. The van der Waals surface area contributed by atoms with Crippen molar-refractivity contribution in [1.29, 1.82) is 0 Å². The van der Waals surface area contributed by atoms with Gasteiger partial charge in [-0.15, -0.1) is 10.2 Å². The molecule has 8 heteroatoms. The quantitative estimate of drug-likeness (QED) is 0.630. The average Bonchev–Trinajstić information content (AvgIpc) is 3.43. The normalized spacial score (nSPS) is 13.5. The number of aromatic nitrogens is 3. The number of amides is 1. The van der Waals surface area contributed by atoms with Crippen LogP contribution in [0.1, 0.15) is 43.5 Å². The molecule has 0 saturated heterocycles. The molecule has 1 saturated carbocycles. The summed E-state index contributed by atoms with van der Waals surface area (Å²) in [5.41, 5.74) is 1.17. The molecular formula is C19H24N4O3S. The van der Waals surface area contributed by atoms with Gasteiger partial charge in [-0.3, -0.25) is 9.59 Å². The number of rotatable bonds is 10. The van der Waals surface area contributed by atoms with Gasteiger partial charge in [0.15, 0.2) is 5.16 Å². The van der Waals surface area contributed by atoms with Crippen molar-refractivity contribution >= 4 is 23.6 Å². The van der Waals surface area contributed by atoms with Gasteiger partial charge < -0.3 is 14.6 Å². The number of carboxylic acids is 1. The number of aliphatic carboxylic acids is 1. The molecule has 0 aliphatic heterocycles. The van der Waals surface area contributed by atoms with Crippen molar-refractivity contribution in [3.8, 4) is 0 Å². The van der Waals surface area contributed by atoms with Crippen molar-refractivity contribution in [2.24, 2.45) is 0 Å². The summed E-state index contributed by atoms with van der Waals surface area (Å²) in [5, 5.41) is 18.2. The minimum Gasteiger partial charge on any atom is -0.481 e. The summed E-state index contributed by atoms with van der Waals surface area (Å²) in [6.45, 7) is 3.27. The monoisotopic (exact) mass is 388 g/mol. The zero-order chi connectivity index (χ0) is 19.2.